The Hall–Kier alpha value is -1.46. The summed E-state index contributed by atoms with van der Waals surface area (Å²) in [5.41, 5.74) is 1.86. The average Bonchev–Trinajstić information content (AvgIpc) is 2.39. The zero-order chi connectivity index (χ0) is 13.8. The molecule has 2 aromatic rings. The van der Waals surface area contributed by atoms with Crippen molar-refractivity contribution in [1.82, 2.24) is 0 Å². The Balaban J connectivity index is 2.51. The van der Waals surface area contributed by atoms with Crippen LogP contribution in [0.2, 0.25) is 15.1 Å². The van der Waals surface area contributed by atoms with Gasteiger partial charge in [-0.15, -0.1) is 0 Å². The first kappa shape index (κ1) is 14.0. The number of halogens is 3. The molecule has 0 saturated carbocycles. The van der Waals surface area contributed by atoms with Crippen LogP contribution in [0.25, 0.3) is 11.6 Å². The summed E-state index contributed by atoms with van der Waals surface area (Å²) in [6, 6.07) is 14.4. The summed E-state index contributed by atoms with van der Waals surface area (Å²) in [4.78, 5) is 0. The first-order chi connectivity index (χ1) is 9.11. The van der Waals surface area contributed by atoms with Crippen molar-refractivity contribution in [1.29, 1.82) is 5.26 Å². The molecule has 0 unspecified atom stereocenters. The normalized spacial score (nSPS) is 11.2. The highest BCUT2D eigenvalue weighted by molar-refractivity contribution is 6.36. The van der Waals surface area contributed by atoms with Crippen LogP contribution < -0.4 is 0 Å². The van der Waals surface area contributed by atoms with Gasteiger partial charge in [-0.2, -0.15) is 5.26 Å². The number of allylic oxidation sites excluding steroid dienone is 1. The summed E-state index contributed by atoms with van der Waals surface area (Å²) >= 11 is 18.0. The van der Waals surface area contributed by atoms with E-state index in [0.29, 0.717) is 26.2 Å². The largest absolute Gasteiger partial charge is 0.192 e. The third-order valence-electron chi connectivity index (χ3n) is 2.55. The molecule has 0 spiro atoms. The van der Waals surface area contributed by atoms with Crippen molar-refractivity contribution in [2.75, 3.05) is 0 Å². The Morgan fingerprint density at radius 1 is 1.00 bits per heavy atom. The fourth-order valence-corrected chi connectivity index (χ4v) is 2.32. The molecule has 0 aromatic heterocycles. The summed E-state index contributed by atoms with van der Waals surface area (Å²) in [5, 5.41) is 10.8. The summed E-state index contributed by atoms with van der Waals surface area (Å²) in [6.07, 6.45) is 1.69. The average molecular weight is 309 g/mol. The molecule has 19 heavy (non-hydrogen) atoms. The summed E-state index contributed by atoms with van der Waals surface area (Å²) < 4.78 is 0. The predicted octanol–water partition coefficient (Wildman–Crippen LogP) is 5.71. The van der Waals surface area contributed by atoms with Gasteiger partial charge in [0.05, 0.1) is 11.6 Å². The first-order valence-electron chi connectivity index (χ1n) is 5.43. The molecule has 0 bridgehead atoms. The van der Waals surface area contributed by atoms with Gasteiger partial charge in [0.2, 0.25) is 0 Å². The van der Waals surface area contributed by atoms with Crippen molar-refractivity contribution >= 4 is 46.5 Å². The molecule has 0 saturated heterocycles. The Morgan fingerprint density at radius 3 is 2.37 bits per heavy atom. The molecule has 0 radical (unpaired) electrons. The van der Waals surface area contributed by atoms with Gasteiger partial charge in [-0.1, -0.05) is 59.1 Å². The number of hydrogen-bond donors (Lipinski definition) is 0. The van der Waals surface area contributed by atoms with Crippen LogP contribution in [0.1, 0.15) is 11.1 Å². The Labute approximate surface area is 126 Å². The lowest BCUT2D eigenvalue weighted by atomic mass is 10.0. The minimum Gasteiger partial charge on any atom is -0.192 e. The molecule has 0 atom stereocenters. The van der Waals surface area contributed by atoms with Gasteiger partial charge in [0.25, 0.3) is 0 Å². The smallest absolute Gasteiger partial charge is 0.0998 e. The quantitative estimate of drug-likeness (QED) is 0.515. The molecule has 0 heterocycles. The van der Waals surface area contributed by atoms with E-state index in [1.54, 1.807) is 36.4 Å². The SMILES string of the molecule is N#CC(=Cc1ccc(Cl)cc1Cl)c1ccccc1Cl. The second kappa shape index (κ2) is 6.12. The fourth-order valence-electron chi connectivity index (χ4n) is 1.62. The van der Waals surface area contributed by atoms with E-state index in [4.69, 9.17) is 34.8 Å². The highest BCUT2D eigenvalue weighted by Crippen LogP contribution is 2.28. The van der Waals surface area contributed by atoms with Crippen molar-refractivity contribution in [2.45, 2.75) is 0 Å². The lowest BCUT2D eigenvalue weighted by Crippen LogP contribution is -1.84. The highest BCUT2D eigenvalue weighted by Gasteiger charge is 2.07. The molecular formula is C15H8Cl3N. The molecule has 94 valence electrons. The highest BCUT2D eigenvalue weighted by atomic mass is 35.5. The van der Waals surface area contributed by atoms with Crippen molar-refractivity contribution in [2.24, 2.45) is 0 Å². The molecule has 2 rings (SSSR count). The van der Waals surface area contributed by atoms with Crippen LogP contribution in [0, 0.1) is 11.3 Å². The maximum absolute atomic E-state index is 9.26. The zero-order valence-corrected chi connectivity index (χ0v) is 12.0. The van der Waals surface area contributed by atoms with Gasteiger partial charge in [-0.3, -0.25) is 0 Å². The lowest BCUT2D eigenvalue weighted by molar-refractivity contribution is 1.52. The summed E-state index contributed by atoms with van der Waals surface area (Å²) in [7, 11) is 0. The Bertz CT molecular complexity index is 684. The maximum Gasteiger partial charge on any atom is 0.0998 e. The number of nitriles is 1. The van der Waals surface area contributed by atoms with Crippen LogP contribution in [0.4, 0.5) is 0 Å². The van der Waals surface area contributed by atoms with Gasteiger partial charge in [-0.25, -0.2) is 0 Å². The van der Waals surface area contributed by atoms with Gasteiger partial charge in [0.1, 0.15) is 0 Å². The van der Waals surface area contributed by atoms with Crippen molar-refractivity contribution in [3.8, 4) is 6.07 Å². The molecule has 0 aliphatic rings. The minimum absolute atomic E-state index is 0.454. The van der Waals surface area contributed by atoms with Crippen LogP contribution in [-0.2, 0) is 0 Å². The molecule has 0 fully saturated rings. The standard InChI is InChI=1S/C15H8Cl3N/c16-12-6-5-10(15(18)8-12)7-11(9-19)13-3-1-2-4-14(13)17/h1-8H. The van der Waals surface area contributed by atoms with Crippen LogP contribution >= 0.6 is 34.8 Å². The zero-order valence-electron chi connectivity index (χ0n) is 9.70. The van der Waals surface area contributed by atoms with E-state index in [1.165, 1.54) is 0 Å². The number of benzene rings is 2. The van der Waals surface area contributed by atoms with Crippen LogP contribution in [-0.4, -0.2) is 0 Å². The lowest BCUT2D eigenvalue weighted by Gasteiger charge is -2.04. The molecule has 0 aliphatic carbocycles. The van der Waals surface area contributed by atoms with Crippen molar-refractivity contribution in [3.05, 3.63) is 68.7 Å². The van der Waals surface area contributed by atoms with Gasteiger partial charge in [0.15, 0.2) is 0 Å². The monoisotopic (exact) mass is 307 g/mol. The number of rotatable bonds is 2. The fraction of sp³-hybridized carbons (Fsp3) is 0. The van der Waals surface area contributed by atoms with E-state index < -0.39 is 0 Å². The van der Waals surface area contributed by atoms with Crippen LogP contribution in [0.5, 0.6) is 0 Å². The molecule has 2 aromatic carbocycles. The van der Waals surface area contributed by atoms with Gasteiger partial charge in [0, 0.05) is 20.6 Å². The molecule has 1 nitrogen and oxygen atoms in total. The van der Waals surface area contributed by atoms with Crippen molar-refractivity contribution in [3.63, 3.8) is 0 Å². The van der Waals surface area contributed by atoms with E-state index in [-0.39, 0.29) is 0 Å². The Morgan fingerprint density at radius 2 is 1.74 bits per heavy atom. The first-order valence-corrected chi connectivity index (χ1v) is 6.57. The molecule has 0 amide bonds. The maximum atomic E-state index is 9.26. The third-order valence-corrected chi connectivity index (χ3v) is 3.44. The van der Waals surface area contributed by atoms with E-state index in [2.05, 4.69) is 6.07 Å². The summed E-state index contributed by atoms with van der Waals surface area (Å²) in [5.74, 6) is 0. The third kappa shape index (κ3) is 3.30. The van der Waals surface area contributed by atoms with E-state index in [9.17, 15) is 5.26 Å². The number of nitrogens with zero attached hydrogens (tertiary/aromatic N) is 1. The molecule has 0 N–H and O–H groups in total. The van der Waals surface area contributed by atoms with E-state index in [1.807, 2.05) is 12.1 Å². The predicted molar refractivity (Wildman–Crippen MR) is 81.4 cm³/mol. The van der Waals surface area contributed by atoms with Gasteiger partial charge >= 0.3 is 0 Å². The Kier molecular flexibility index (Phi) is 4.50. The van der Waals surface area contributed by atoms with Crippen LogP contribution in [0.3, 0.4) is 0 Å². The van der Waals surface area contributed by atoms with E-state index in [0.717, 1.165) is 5.56 Å². The number of hydrogen-bond acceptors (Lipinski definition) is 1. The van der Waals surface area contributed by atoms with Crippen molar-refractivity contribution < 1.29 is 0 Å². The molecule has 4 heteroatoms. The van der Waals surface area contributed by atoms with Crippen LogP contribution in [0.15, 0.2) is 42.5 Å². The molecular weight excluding hydrogens is 301 g/mol. The second-order valence-corrected chi connectivity index (χ2v) is 5.07. The van der Waals surface area contributed by atoms with E-state index >= 15 is 0 Å². The molecule has 0 aliphatic heterocycles. The van der Waals surface area contributed by atoms with Gasteiger partial charge in [-0.05, 0) is 29.8 Å². The minimum atomic E-state index is 0.454. The van der Waals surface area contributed by atoms with Gasteiger partial charge < -0.3 is 0 Å². The topological polar surface area (TPSA) is 23.8 Å². The summed E-state index contributed by atoms with van der Waals surface area (Å²) in [6.45, 7) is 0. The second-order valence-electron chi connectivity index (χ2n) is 3.82.